The van der Waals surface area contributed by atoms with E-state index in [0.29, 0.717) is 12.3 Å². The molecule has 0 spiro atoms. The lowest BCUT2D eigenvalue weighted by molar-refractivity contribution is 0.259. The number of hydrogen-bond donors (Lipinski definition) is 2. The maximum absolute atomic E-state index is 11.0. The highest BCUT2D eigenvalue weighted by molar-refractivity contribution is 5.88. The summed E-state index contributed by atoms with van der Waals surface area (Å²) in [5.74, 6) is 0.853. The first-order valence-corrected chi connectivity index (χ1v) is 8.99. The van der Waals surface area contributed by atoms with Crippen LogP contribution in [0.15, 0.2) is 73.1 Å². The van der Waals surface area contributed by atoms with E-state index in [2.05, 4.69) is 16.4 Å². The van der Waals surface area contributed by atoms with Crippen LogP contribution >= 0.6 is 0 Å². The molecular formula is C22H23N3O2. The summed E-state index contributed by atoms with van der Waals surface area (Å²) in [4.78, 5) is 15.1. The maximum Gasteiger partial charge on any atom is 0.316 e. The smallest absolute Gasteiger partial charge is 0.316 e. The third kappa shape index (κ3) is 5.85. The molecule has 0 aliphatic rings. The van der Waals surface area contributed by atoms with Gasteiger partial charge in [-0.1, -0.05) is 30.3 Å². The van der Waals surface area contributed by atoms with E-state index in [1.165, 1.54) is 5.56 Å². The van der Waals surface area contributed by atoms with Gasteiger partial charge in [-0.15, -0.1) is 0 Å². The van der Waals surface area contributed by atoms with Crippen molar-refractivity contribution in [2.45, 2.75) is 19.3 Å². The Hall–Kier alpha value is -3.34. The molecule has 0 fully saturated rings. The van der Waals surface area contributed by atoms with Crippen LogP contribution in [0, 0.1) is 0 Å². The molecule has 2 amide bonds. The van der Waals surface area contributed by atoms with Gasteiger partial charge in [0.05, 0.1) is 6.61 Å². The number of amides is 2. The van der Waals surface area contributed by atoms with Crippen LogP contribution in [0.5, 0.6) is 5.75 Å². The second kappa shape index (κ2) is 9.38. The summed E-state index contributed by atoms with van der Waals surface area (Å²) in [6.45, 7) is 0.692. The van der Waals surface area contributed by atoms with Crippen LogP contribution in [0.3, 0.4) is 0 Å². The number of nitrogens with zero attached hydrogens (tertiary/aromatic N) is 1. The van der Waals surface area contributed by atoms with Crippen molar-refractivity contribution in [3.63, 3.8) is 0 Å². The molecule has 0 bridgehead atoms. The minimum atomic E-state index is -0.570. The van der Waals surface area contributed by atoms with Crippen molar-refractivity contribution >= 4 is 11.7 Å². The fourth-order valence-electron chi connectivity index (χ4n) is 2.83. The molecule has 0 saturated carbocycles. The molecule has 5 heteroatoms. The number of anilines is 1. The van der Waals surface area contributed by atoms with Crippen molar-refractivity contribution in [3.8, 4) is 16.9 Å². The summed E-state index contributed by atoms with van der Waals surface area (Å²) in [6.07, 6.45) is 6.79. The number of pyridine rings is 1. The van der Waals surface area contributed by atoms with Crippen molar-refractivity contribution in [2.24, 2.45) is 5.73 Å². The lowest BCUT2D eigenvalue weighted by Crippen LogP contribution is -2.19. The van der Waals surface area contributed by atoms with Crippen LogP contribution in [0.1, 0.15) is 18.4 Å². The van der Waals surface area contributed by atoms with Gasteiger partial charge in [-0.3, -0.25) is 4.98 Å². The van der Waals surface area contributed by atoms with Crippen LogP contribution in [-0.2, 0) is 6.42 Å². The number of primary amides is 1. The second-order valence-corrected chi connectivity index (χ2v) is 6.26. The quantitative estimate of drug-likeness (QED) is 0.574. The zero-order valence-corrected chi connectivity index (χ0v) is 15.1. The van der Waals surface area contributed by atoms with Gasteiger partial charge in [0.2, 0.25) is 0 Å². The zero-order valence-electron chi connectivity index (χ0n) is 15.1. The van der Waals surface area contributed by atoms with E-state index in [1.54, 1.807) is 12.3 Å². The molecule has 0 radical (unpaired) electrons. The molecule has 0 aliphatic carbocycles. The van der Waals surface area contributed by atoms with E-state index >= 15 is 0 Å². The Kier molecular flexibility index (Phi) is 6.41. The summed E-state index contributed by atoms with van der Waals surface area (Å²) in [6, 6.07) is 19.0. The number of benzene rings is 2. The van der Waals surface area contributed by atoms with Gasteiger partial charge in [0, 0.05) is 18.1 Å². The summed E-state index contributed by atoms with van der Waals surface area (Å²) in [5, 5.41) is 2.59. The molecule has 1 aromatic heterocycles. The van der Waals surface area contributed by atoms with Crippen molar-refractivity contribution in [3.05, 3.63) is 78.6 Å². The summed E-state index contributed by atoms with van der Waals surface area (Å²) < 4.78 is 5.82. The highest BCUT2D eigenvalue weighted by Crippen LogP contribution is 2.25. The molecule has 2 aromatic carbocycles. The van der Waals surface area contributed by atoms with Crippen LogP contribution in [0.2, 0.25) is 0 Å². The zero-order chi connectivity index (χ0) is 18.9. The molecule has 0 atom stereocenters. The number of urea groups is 1. The Bertz CT molecular complexity index is 864. The van der Waals surface area contributed by atoms with E-state index in [4.69, 9.17) is 10.5 Å². The van der Waals surface area contributed by atoms with E-state index in [-0.39, 0.29) is 0 Å². The highest BCUT2D eigenvalue weighted by Gasteiger charge is 2.02. The molecular weight excluding hydrogens is 338 g/mol. The molecule has 3 aromatic rings. The van der Waals surface area contributed by atoms with Gasteiger partial charge in [0.25, 0.3) is 0 Å². The van der Waals surface area contributed by atoms with E-state index in [9.17, 15) is 4.79 Å². The lowest BCUT2D eigenvalue weighted by Gasteiger charge is -2.09. The molecule has 0 unspecified atom stereocenters. The van der Waals surface area contributed by atoms with E-state index < -0.39 is 6.03 Å². The first-order valence-electron chi connectivity index (χ1n) is 8.99. The Morgan fingerprint density at radius 3 is 2.59 bits per heavy atom. The van der Waals surface area contributed by atoms with Gasteiger partial charge in [-0.2, -0.15) is 0 Å². The Morgan fingerprint density at radius 2 is 1.85 bits per heavy atom. The van der Waals surface area contributed by atoms with Crippen LogP contribution in [0.25, 0.3) is 11.1 Å². The first-order chi connectivity index (χ1) is 13.2. The number of carbonyl (C=O) groups is 1. The van der Waals surface area contributed by atoms with Gasteiger partial charge in [-0.05, 0) is 66.3 Å². The van der Waals surface area contributed by atoms with E-state index in [1.807, 2.05) is 54.7 Å². The monoisotopic (exact) mass is 361 g/mol. The number of aryl methyl sites for hydroxylation is 1. The average molecular weight is 361 g/mol. The molecule has 27 heavy (non-hydrogen) atoms. The maximum atomic E-state index is 11.0. The van der Waals surface area contributed by atoms with Crippen LogP contribution in [-0.4, -0.2) is 17.6 Å². The van der Waals surface area contributed by atoms with Gasteiger partial charge >= 0.3 is 6.03 Å². The minimum Gasteiger partial charge on any atom is -0.494 e. The fourth-order valence-corrected chi connectivity index (χ4v) is 2.83. The number of nitrogens with one attached hydrogen (secondary N) is 1. The number of hydrogen-bond acceptors (Lipinski definition) is 3. The molecule has 5 nitrogen and oxygen atoms in total. The number of unbranched alkanes of at least 4 members (excludes halogenated alkanes) is 1. The Morgan fingerprint density at radius 1 is 1.00 bits per heavy atom. The number of ether oxygens (including phenoxy) is 1. The van der Waals surface area contributed by atoms with Crippen LogP contribution < -0.4 is 15.8 Å². The molecule has 1 heterocycles. The van der Waals surface area contributed by atoms with Gasteiger partial charge in [-0.25, -0.2) is 4.79 Å². The fraction of sp³-hybridized carbons (Fsp3) is 0.182. The van der Waals surface area contributed by atoms with Gasteiger partial charge < -0.3 is 15.8 Å². The molecule has 0 aliphatic heterocycles. The Balaban J connectivity index is 1.48. The summed E-state index contributed by atoms with van der Waals surface area (Å²) in [5.41, 5.74) is 9.15. The van der Waals surface area contributed by atoms with Gasteiger partial charge in [0.1, 0.15) is 5.75 Å². The topological polar surface area (TPSA) is 77.2 Å². The number of nitrogens with two attached hydrogens (primary N) is 1. The van der Waals surface area contributed by atoms with E-state index in [0.717, 1.165) is 36.1 Å². The average Bonchev–Trinajstić information content (AvgIpc) is 2.69. The molecule has 3 N–H and O–H groups in total. The molecule has 138 valence electrons. The number of aromatic nitrogens is 1. The van der Waals surface area contributed by atoms with Crippen LogP contribution in [0.4, 0.5) is 10.5 Å². The standard InChI is InChI=1S/C22H23N3O2/c23-22(26)25-20-8-3-7-19(15-20)18-9-11-21(12-10-18)27-14-2-1-5-17-6-4-13-24-16-17/h3-4,6-13,15-16H,1-2,5,14H2,(H3,23,25,26). The van der Waals surface area contributed by atoms with Crippen molar-refractivity contribution in [1.29, 1.82) is 0 Å². The third-order valence-corrected chi connectivity index (χ3v) is 4.17. The summed E-state index contributed by atoms with van der Waals surface area (Å²) in [7, 11) is 0. The van der Waals surface area contributed by atoms with Gasteiger partial charge in [0.15, 0.2) is 0 Å². The summed E-state index contributed by atoms with van der Waals surface area (Å²) >= 11 is 0. The second-order valence-electron chi connectivity index (χ2n) is 6.26. The predicted octanol–water partition coefficient (Wildman–Crippen LogP) is 4.64. The van der Waals surface area contributed by atoms with Crippen molar-refractivity contribution in [2.75, 3.05) is 11.9 Å². The third-order valence-electron chi connectivity index (χ3n) is 4.17. The number of carbonyl (C=O) groups excluding carboxylic acids is 1. The minimum absolute atomic E-state index is 0.570. The normalized spacial score (nSPS) is 10.4. The highest BCUT2D eigenvalue weighted by atomic mass is 16.5. The molecule has 3 rings (SSSR count). The molecule has 0 saturated heterocycles. The lowest BCUT2D eigenvalue weighted by atomic mass is 10.1. The predicted molar refractivity (Wildman–Crippen MR) is 108 cm³/mol. The first kappa shape index (κ1) is 18.5. The van der Waals surface area contributed by atoms with Crippen molar-refractivity contribution < 1.29 is 9.53 Å². The number of rotatable bonds is 8. The Labute approximate surface area is 159 Å². The largest absolute Gasteiger partial charge is 0.494 e. The van der Waals surface area contributed by atoms with Crippen molar-refractivity contribution in [1.82, 2.24) is 4.98 Å². The SMILES string of the molecule is NC(=O)Nc1cccc(-c2ccc(OCCCCc3cccnc3)cc2)c1.